The van der Waals surface area contributed by atoms with Crippen LogP contribution in [0.25, 0.3) is 0 Å². The van der Waals surface area contributed by atoms with Gasteiger partial charge in [0, 0.05) is 18.1 Å². The molecular weight excluding hydrogens is 360 g/mol. The number of halogens is 1. The molecule has 2 aromatic carbocycles. The molecule has 27 heavy (non-hydrogen) atoms. The normalized spacial score (nSPS) is 15.9. The molecule has 0 radical (unpaired) electrons. The SMILES string of the molecule is C[C@@H](Oc1cccc(Cl)c1)C(=O)NCc1ccccc1CN1CCCCC1. The van der Waals surface area contributed by atoms with Gasteiger partial charge in [-0.25, -0.2) is 0 Å². The maximum atomic E-state index is 12.4. The van der Waals surface area contributed by atoms with Crippen molar-refractivity contribution >= 4 is 17.5 Å². The highest BCUT2D eigenvalue weighted by molar-refractivity contribution is 6.30. The molecule has 1 aliphatic rings. The maximum absolute atomic E-state index is 12.4. The van der Waals surface area contributed by atoms with Crippen LogP contribution in [0.3, 0.4) is 0 Å². The molecule has 0 saturated carbocycles. The third-order valence-corrected chi connectivity index (χ3v) is 5.13. The second kappa shape index (κ2) is 9.77. The van der Waals surface area contributed by atoms with Crippen molar-refractivity contribution in [2.45, 2.75) is 45.4 Å². The lowest BCUT2D eigenvalue weighted by atomic mass is 10.0. The van der Waals surface area contributed by atoms with Gasteiger partial charge in [-0.05, 0) is 62.2 Å². The number of hydrogen-bond acceptors (Lipinski definition) is 3. The number of ether oxygens (including phenoxy) is 1. The molecule has 1 aliphatic heterocycles. The van der Waals surface area contributed by atoms with Gasteiger partial charge in [-0.1, -0.05) is 48.4 Å². The molecule has 0 spiro atoms. The molecule has 2 aromatic rings. The van der Waals surface area contributed by atoms with Crippen molar-refractivity contribution in [2.75, 3.05) is 13.1 Å². The molecule has 1 N–H and O–H groups in total. The third kappa shape index (κ3) is 5.98. The van der Waals surface area contributed by atoms with E-state index in [4.69, 9.17) is 16.3 Å². The second-order valence-corrected chi connectivity index (χ2v) is 7.48. The number of amides is 1. The predicted octanol–water partition coefficient (Wildman–Crippen LogP) is 4.41. The van der Waals surface area contributed by atoms with Gasteiger partial charge in [0.25, 0.3) is 5.91 Å². The highest BCUT2D eigenvalue weighted by Crippen LogP contribution is 2.19. The topological polar surface area (TPSA) is 41.6 Å². The Labute approximate surface area is 166 Å². The number of hydrogen-bond donors (Lipinski definition) is 1. The number of carbonyl (C=O) groups excluding carboxylic acids is 1. The van der Waals surface area contributed by atoms with E-state index in [-0.39, 0.29) is 5.91 Å². The van der Waals surface area contributed by atoms with E-state index in [9.17, 15) is 4.79 Å². The van der Waals surface area contributed by atoms with Gasteiger partial charge in [0.1, 0.15) is 5.75 Å². The lowest BCUT2D eigenvalue weighted by molar-refractivity contribution is -0.127. The standard InChI is InChI=1S/C22H27ClN2O2/c1-17(27-21-11-7-10-20(23)14-21)22(26)24-15-18-8-3-4-9-19(18)16-25-12-5-2-6-13-25/h3-4,7-11,14,17H,2,5-6,12-13,15-16H2,1H3,(H,24,26)/t17-/m1/s1. The molecule has 1 fully saturated rings. The Kier molecular flexibility index (Phi) is 7.13. The van der Waals surface area contributed by atoms with E-state index in [1.54, 1.807) is 31.2 Å². The number of rotatable bonds is 7. The molecule has 1 amide bonds. The number of piperidine rings is 1. The van der Waals surface area contributed by atoms with Gasteiger partial charge in [-0.2, -0.15) is 0 Å². The summed E-state index contributed by atoms with van der Waals surface area (Å²) in [4.78, 5) is 14.9. The Morgan fingerprint density at radius 1 is 1.11 bits per heavy atom. The van der Waals surface area contributed by atoms with Crippen molar-refractivity contribution in [3.63, 3.8) is 0 Å². The number of nitrogens with zero attached hydrogens (tertiary/aromatic N) is 1. The molecule has 4 nitrogen and oxygen atoms in total. The van der Waals surface area contributed by atoms with Crippen LogP contribution < -0.4 is 10.1 Å². The van der Waals surface area contributed by atoms with Gasteiger partial charge in [0.2, 0.25) is 0 Å². The Morgan fingerprint density at radius 2 is 1.85 bits per heavy atom. The zero-order chi connectivity index (χ0) is 19.1. The first-order valence-electron chi connectivity index (χ1n) is 9.61. The summed E-state index contributed by atoms with van der Waals surface area (Å²) in [6, 6.07) is 15.4. The van der Waals surface area contributed by atoms with E-state index in [0.717, 1.165) is 25.2 Å². The van der Waals surface area contributed by atoms with E-state index in [1.165, 1.54) is 24.8 Å². The maximum Gasteiger partial charge on any atom is 0.261 e. The van der Waals surface area contributed by atoms with Gasteiger partial charge in [-0.3, -0.25) is 9.69 Å². The fraction of sp³-hybridized carbons (Fsp3) is 0.409. The minimum Gasteiger partial charge on any atom is -0.481 e. The smallest absolute Gasteiger partial charge is 0.261 e. The highest BCUT2D eigenvalue weighted by Gasteiger charge is 2.16. The first kappa shape index (κ1) is 19.7. The van der Waals surface area contributed by atoms with Gasteiger partial charge < -0.3 is 10.1 Å². The van der Waals surface area contributed by atoms with Gasteiger partial charge in [0.15, 0.2) is 6.10 Å². The summed E-state index contributed by atoms with van der Waals surface area (Å²) in [5.74, 6) is 0.457. The van der Waals surface area contributed by atoms with Crippen LogP contribution in [0.1, 0.15) is 37.3 Å². The summed E-state index contributed by atoms with van der Waals surface area (Å²) in [7, 11) is 0. The molecule has 0 bridgehead atoms. The largest absolute Gasteiger partial charge is 0.481 e. The van der Waals surface area contributed by atoms with Crippen LogP contribution in [-0.4, -0.2) is 30.0 Å². The van der Waals surface area contributed by atoms with Crippen molar-refractivity contribution in [3.05, 3.63) is 64.7 Å². The van der Waals surface area contributed by atoms with Crippen molar-refractivity contribution in [1.82, 2.24) is 10.2 Å². The Balaban J connectivity index is 1.55. The van der Waals surface area contributed by atoms with Crippen LogP contribution >= 0.6 is 11.6 Å². The van der Waals surface area contributed by atoms with E-state index in [2.05, 4.69) is 28.4 Å². The first-order valence-corrected chi connectivity index (χ1v) is 9.98. The van der Waals surface area contributed by atoms with Gasteiger partial charge in [0.05, 0.1) is 0 Å². The van der Waals surface area contributed by atoms with Gasteiger partial charge in [-0.15, -0.1) is 0 Å². The van der Waals surface area contributed by atoms with Crippen LogP contribution in [0.5, 0.6) is 5.75 Å². The summed E-state index contributed by atoms with van der Waals surface area (Å²) in [6.07, 6.45) is 3.30. The highest BCUT2D eigenvalue weighted by atomic mass is 35.5. The molecule has 144 valence electrons. The summed E-state index contributed by atoms with van der Waals surface area (Å²) in [5, 5.41) is 3.59. The molecule has 0 aromatic heterocycles. The number of likely N-dealkylation sites (tertiary alicyclic amines) is 1. The van der Waals surface area contributed by atoms with Crippen LogP contribution in [0, 0.1) is 0 Å². The molecular formula is C22H27ClN2O2. The van der Waals surface area contributed by atoms with E-state index >= 15 is 0 Å². The minimum atomic E-state index is -0.585. The number of benzene rings is 2. The zero-order valence-corrected chi connectivity index (χ0v) is 16.5. The average molecular weight is 387 g/mol. The van der Waals surface area contributed by atoms with Gasteiger partial charge >= 0.3 is 0 Å². The molecule has 3 rings (SSSR count). The lowest BCUT2D eigenvalue weighted by Crippen LogP contribution is -2.36. The molecule has 1 atom stereocenters. The van der Waals surface area contributed by atoms with E-state index in [1.807, 2.05) is 6.07 Å². The van der Waals surface area contributed by atoms with Crippen molar-refractivity contribution in [2.24, 2.45) is 0 Å². The number of carbonyl (C=O) groups is 1. The quantitative estimate of drug-likeness (QED) is 0.766. The zero-order valence-electron chi connectivity index (χ0n) is 15.8. The van der Waals surface area contributed by atoms with Crippen LogP contribution in [0.2, 0.25) is 5.02 Å². The number of nitrogens with one attached hydrogen (secondary N) is 1. The first-order chi connectivity index (χ1) is 13.1. The van der Waals surface area contributed by atoms with Crippen LogP contribution in [0.4, 0.5) is 0 Å². The summed E-state index contributed by atoms with van der Waals surface area (Å²) < 4.78 is 5.69. The summed E-state index contributed by atoms with van der Waals surface area (Å²) in [5.41, 5.74) is 2.44. The molecule has 0 aliphatic carbocycles. The lowest BCUT2D eigenvalue weighted by Gasteiger charge is -2.27. The Bertz CT molecular complexity index is 759. The third-order valence-electron chi connectivity index (χ3n) is 4.89. The van der Waals surface area contributed by atoms with Crippen molar-refractivity contribution < 1.29 is 9.53 Å². The van der Waals surface area contributed by atoms with E-state index in [0.29, 0.717) is 17.3 Å². The molecule has 5 heteroatoms. The second-order valence-electron chi connectivity index (χ2n) is 7.04. The monoisotopic (exact) mass is 386 g/mol. The summed E-state index contributed by atoms with van der Waals surface area (Å²) >= 11 is 5.96. The van der Waals surface area contributed by atoms with E-state index < -0.39 is 6.10 Å². The van der Waals surface area contributed by atoms with Crippen LogP contribution in [0.15, 0.2) is 48.5 Å². The fourth-order valence-corrected chi connectivity index (χ4v) is 3.55. The van der Waals surface area contributed by atoms with Crippen molar-refractivity contribution in [1.29, 1.82) is 0 Å². The summed E-state index contributed by atoms with van der Waals surface area (Å²) in [6.45, 7) is 5.51. The molecule has 0 unspecified atom stereocenters. The van der Waals surface area contributed by atoms with Crippen LogP contribution in [-0.2, 0) is 17.9 Å². The average Bonchev–Trinajstić information content (AvgIpc) is 2.68. The van der Waals surface area contributed by atoms with Crippen molar-refractivity contribution in [3.8, 4) is 5.75 Å². The Morgan fingerprint density at radius 3 is 2.59 bits per heavy atom. The molecule has 1 saturated heterocycles. The fourth-order valence-electron chi connectivity index (χ4n) is 3.37. The predicted molar refractivity (Wildman–Crippen MR) is 109 cm³/mol. The Hall–Kier alpha value is -2.04. The molecule has 1 heterocycles. The minimum absolute atomic E-state index is 0.136.